The van der Waals surface area contributed by atoms with Crippen LogP contribution in [-0.2, 0) is 0 Å². The summed E-state index contributed by atoms with van der Waals surface area (Å²) < 4.78 is 4.69. The molecule has 0 aliphatic heterocycles. The van der Waals surface area contributed by atoms with Gasteiger partial charge in [-0.2, -0.15) is 0 Å². The third-order valence-corrected chi connectivity index (χ3v) is 10.8. The minimum atomic E-state index is 0.694. The molecule has 0 aliphatic carbocycles. The lowest BCUT2D eigenvalue weighted by Gasteiger charge is -2.12. The van der Waals surface area contributed by atoms with Crippen molar-refractivity contribution in [3.8, 4) is 56.4 Å². The van der Waals surface area contributed by atoms with Crippen molar-refractivity contribution in [2.24, 2.45) is 0 Å². The zero-order valence-electron chi connectivity index (χ0n) is 30.3. The highest BCUT2D eigenvalue weighted by molar-refractivity contribution is 6.11. The zero-order valence-corrected chi connectivity index (χ0v) is 30.3. The van der Waals surface area contributed by atoms with Gasteiger partial charge in [-0.1, -0.05) is 115 Å². The number of hydrogen-bond donors (Lipinski definition) is 0. The molecule has 0 spiro atoms. The van der Waals surface area contributed by atoms with E-state index < -0.39 is 0 Å². The van der Waals surface area contributed by atoms with Gasteiger partial charge < -0.3 is 9.13 Å². The van der Waals surface area contributed by atoms with Crippen LogP contribution in [0.15, 0.2) is 200 Å². The molecule has 0 radical (unpaired) electrons. The second kappa shape index (κ2) is 13.0. The van der Waals surface area contributed by atoms with E-state index in [0.29, 0.717) is 5.82 Å². The number of pyridine rings is 1. The lowest BCUT2D eigenvalue weighted by atomic mass is 10.0. The maximum absolute atomic E-state index is 5.07. The molecule has 56 heavy (non-hydrogen) atoms. The zero-order chi connectivity index (χ0) is 37.0. The van der Waals surface area contributed by atoms with Gasteiger partial charge in [0.05, 0.1) is 39.0 Å². The van der Waals surface area contributed by atoms with Crippen molar-refractivity contribution in [2.75, 3.05) is 0 Å². The molecule has 0 saturated carbocycles. The molecule has 5 nitrogen and oxygen atoms in total. The van der Waals surface area contributed by atoms with Crippen LogP contribution in [0.5, 0.6) is 0 Å². The predicted molar refractivity (Wildman–Crippen MR) is 230 cm³/mol. The number of fused-ring (bicyclic) bond motifs is 6. The summed E-state index contributed by atoms with van der Waals surface area (Å²) in [6, 6.07) is 68.3. The van der Waals surface area contributed by atoms with Crippen LogP contribution in [0.25, 0.3) is 100 Å². The predicted octanol–water partition coefficient (Wildman–Crippen LogP) is 12.7. The minimum absolute atomic E-state index is 0.694. The van der Waals surface area contributed by atoms with Gasteiger partial charge in [-0.3, -0.25) is 4.98 Å². The normalized spacial score (nSPS) is 11.6. The summed E-state index contributed by atoms with van der Waals surface area (Å²) in [7, 11) is 0. The Balaban J connectivity index is 1.04. The summed E-state index contributed by atoms with van der Waals surface area (Å²) in [5.41, 5.74) is 14.9. The molecule has 11 rings (SSSR count). The average Bonchev–Trinajstić information content (AvgIpc) is 3.79. The second-order valence-electron chi connectivity index (χ2n) is 14.1. The van der Waals surface area contributed by atoms with Crippen molar-refractivity contribution >= 4 is 43.7 Å². The molecule has 11 aromatic rings. The van der Waals surface area contributed by atoms with E-state index in [2.05, 4.69) is 161 Å². The van der Waals surface area contributed by atoms with Gasteiger partial charge >= 0.3 is 0 Å². The molecule has 262 valence electrons. The fraction of sp³-hybridized carbons (Fsp3) is 0. The lowest BCUT2D eigenvalue weighted by molar-refractivity contribution is 1.16. The van der Waals surface area contributed by atoms with Gasteiger partial charge in [-0.15, -0.1) is 0 Å². The Morgan fingerprint density at radius 2 is 0.821 bits per heavy atom. The van der Waals surface area contributed by atoms with Gasteiger partial charge in [0, 0.05) is 50.4 Å². The van der Waals surface area contributed by atoms with Crippen LogP contribution in [0.2, 0.25) is 0 Å². The fourth-order valence-corrected chi connectivity index (χ4v) is 8.14. The SMILES string of the molecule is c1ccc(-c2cc(-c3ccccc3)nc(-c3ccc(-n4c5ccccc5c5ccc(-c6ccc7c8ncccc8n(-c8ccccc8)c7c6)cc54)cc3)n2)cc1. The van der Waals surface area contributed by atoms with E-state index in [1.54, 1.807) is 0 Å². The smallest absolute Gasteiger partial charge is 0.160 e. The summed E-state index contributed by atoms with van der Waals surface area (Å²) in [6.45, 7) is 0. The molecular formula is C51H33N5. The first-order valence-electron chi connectivity index (χ1n) is 18.9. The Morgan fingerprint density at radius 3 is 1.50 bits per heavy atom. The van der Waals surface area contributed by atoms with Crippen LogP contribution in [-0.4, -0.2) is 24.1 Å². The van der Waals surface area contributed by atoms with Crippen molar-refractivity contribution in [2.45, 2.75) is 0 Å². The van der Waals surface area contributed by atoms with Gasteiger partial charge in [0.25, 0.3) is 0 Å². The topological polar surface area (TPSA) is 48.5 Å². The maximum Gasteiger partial charge on any atom is 0.160 e. The van der Waals surface area contributed by atoms with Crippen LogP contribution >= 0.6 is 0 Å². The quantitative estimate of drug-likeness (QED) is 0.172. The molecule has 4 heterocycles. The molecular weight excluding hydrogens is 683 g/mol. The van der Waals surface area contributed by atoms with Crippen molar-refractivity contribution in [3.05, 3.63) is 200 Å². The molecule has 0 N–H and O–H groups in total. The van der Waals surface area contributed by atoms with Crippen LogP contribution in [0, 0.1) is 0 Å². The Hall–Kier alpha value is -7.63. The first-order valence-corrected chi connectivity index (χ1v) is 18.9. The highest BCUT2D eigenvalue weighted by atomic mass is 15.0. The molecule has 0 unspecified atom stereocenters. The molecule has 0 aliphatic rings. The Labute approximate surface area is 323 Å². The number of para-hydroxylation sites is 2. The molecule has 0 saturated heterocycles. The summed E-state index contributed by atoms with van der Waals surface area (Å²) in [4.78, 5) is 14.9. The van der Waals surface area contributed by atoms with E-state index in [4.69, 9.17) is 15.0 Å². The van der Waals surface area contributed by atoms with Crippen LogP contribution in [0.3, 0.4) is 0 Å². The third-order valence-electron chi connectivity index (χ3n) is 10.8. The molecule has 0 amide bonds. The monoisotopic (exact) mass is 715 g/mol. The summed E-state index contributed by atoms with van der Waals surface area (Å²) in [6.07, 6.45) is 1.88. The maximum atomic E-state index is 5.07. The number of nitrogens with zero attached hydrogens (tertiary/aromatic N) is 5. The van der Waals surface area contributed by atoms with Crippen molar-refractivity contribution in [3.63, 3.8) is 0 Å². The number of aromatic nitrogens is 5. The van der Waals surface area contributed by atoms with E-state index in [0.717, 1.165) is 83.5 Å². The minimum Gasteiger partial charge on any atom is -0.309 e. The van der Waals surface area contributed by atoms with Crippen LogP contribution < -0.4 is 0 Å². The number of rotatable bonds is 6. The first kappa shape index (κ1) is 31.9. The number of hydrogen-bond acceptors (Lipinski definition) is 3. The summed E-state index contributed by atoms with van der Waals surface area (Å²) in [5, 5.41) is 3.57. The van der Waals surface area contributed by atoms with E-state index in [-0.39, 0.29) is 0 Å². The van der Waals surface area contributed by atoms with Gasteiger partial charge in [-0.05, 0) is 90.0 Å². The lowest BCUT2D eigenvalue weighted by Crippen LogP contribution is -1.97. The van der Waals surface area contributed by atoms with Gasteiger partial charge in [0.2, 0.25) is 0 Å². The van der Waals surface area contributed by atoms with E-state index in [9.17, 15) is 0 Å². The Morgan fingerprint density at radius 1 is 0.321 bits per heavy atom. The molecule has 7 aromatic carbocycles. The summed E-state index contributed by atoms with van der Waals surface area (Å²) >= 11 is 0. The highest BCUT2D eigenvalue weighted by Crippen LogP contribution is 2.38. The third kappa shape index (κ3) is 5.29. The second-order valence-corrected chi connectivity index (χ2v) is 14.1. The van der Waals surface area contributed by atoms with E-state index in [1.165, 1.54) is 10.8 Å². The highest BCUT2D eigenvalue weighted by Gasteiger charge is 2.17. The van der Waals surface area contributed by atoms with Gasteiger partial charge in [0.1, 0.15) is 0 Å². The van der Waals surface area contributed by atoms with Gasteiger partial charge in [-0.25, -0.2) is 9.97 Å². The molecule has 0 bridgehead atoms. The van der Waals surface area contributed by atoms with Crippen molar-refractivity contribution in [1.29, 1.82) is 0 Å². The van der Waals surface area contributed by atoms with Crippen LogP contribution in [0.4, 0.5) is 0 Å². The van der Waals surface area contributed by atoms with E-state index in [1.807, 2.05) is 48.7 Å². The van der Waals surface area contributed by atoms with E-state index >= 15 is 0 Å². The Bertz CT molecular complexity index is 3160. The average molecular weight is 716 g/mol. The van der Waals surface area contributed by atoms with Gasteiger partial charge in [0.15, 0.2) is 5.82 Å². The van der Waals surface area contributed by atoms with Crippen molar-refractivity contribution in [1.82, 2.24) is 24.1 Å². The van der Waals surface area contributed by atoms with Crippen molar-refractivity contribution < 1.29 is 0 Å². The Kier molecular flexibility index (Phi) is 7.42. The standard InChI is InChI=1S/C51H33N5/c1-4-13-34(14-5-1)44-33-45(35-15-6-2-7-16-35)54-51(53-44)36-22-26-40(27-23-36)55-46-20-11-10-19-41(46)42-28-24-37(31-48(42)55)38-25-29-43-49(32-38)56(39-17-8-3-9-18-39)47-21-12-30-52-50(43)47/h1-33H. The molecule has 0 fully saturated rings. The molecule has 0 atom stereocenters. The molecule has 5 heteroatoms. The van der Waals surface area contributed by atoms with Crippen LogP contribution in [0.1, 0.15) is 0 Å². The first-order chi connectivity index (χ1) is 27.8. The summed E-state index contributed by atoms with van der Waals surface area (Å²) in [5.74, 6) is 0.694. The largest absolute Gasteiger partial charge is 0.309 e. The fourth-order valence-electron chi connectivity index (χ4n) is 8.14. The molecule has 4 aromatic heterocycles. The number of benzene rings is 7.